The highest BCUT2D eigenvalue weighted by Gasteiger charge is 2.13. The minimum atomic E-state index is 1.21. The number of hydrogen-bond acceptors (Lipinski definition) is 1. The van der Waals surface area contributed by atoms with E-state index in [1.54, 1.807) is 0 Å². The molecule has 2 nitrogen and oxygen atoms in total. The molecule has 0 saturated carbocycles. The summed E-state index contributed by atoms with van der Waals surface area (Å²) in [5.74, 6) is 0. The lowest BCUT2D eigenvalue weighted by Gasteiger charge is -2.29. The molecule has 0 radical (unpaired) electrons. The summed E-state index contributed by atoms with van der Waals surface area (Å²) in [6.07, 6.45) is 6.08. The Bertz CT molecular complexity index is 452. The average molecular weight is 200 g/mol. The topological polar surface area (TPSA) is 19.0 Å². The fourth-order valence-corrected chi connectivity index (χ4v) is 2.48. The highest BCUT2D eigenvalue weighted by atomic mass is 15.1. The molecule has 1 aliphatic rings. The van der Waals surface area contributed by atoms with E-state index < -0.39 is 0 Å². The third-order valence-electron chi connectivity index (χ3n) is 3.27. The van der Waals surface area contributed by atoms with E-state index in [-0.39, 0.29) is 0 Å². The Labute approximate surface area is 89.9 Å². The second-order valence-corrected chi connectivity index (χ2v) is 4.26. The van der Waals surface area contributed by atoms with Gasteiger partial charge in [0.05, 0.1) is 0 Å². The van der Waals surface area contributed by atoms with Gasteiger partial charge in [-0.2, -0.15) is 0 Å². The Morgan fingerprint density at radius 3 is 2.73 bits per heavy atom. The molecule has 1 saturated heterocycles. The quantitative estimate of drug-likeness (QED) is 0.749. The smallest absolute Gasteiger partial charge is 0.0474 e. The highest BCUT2D eigenvalue weighted by Crippen LogP contribution is 2.28. The number of H-pyrrole nitrogens is 1. The maximum Gasteiger partial charge on any atom is 0.0474 e. The van der Waals surface area contributed by atoms with E-state index in [9.17, 15) is 0 Å². The van der Waals surface area contributed by atoms with Gasteiger partial charge in [0.15, 0.2) is 0 Å². The minimum Gasteiger partial charge on any atom is -0.371 e. The van der Waals surface area contributed by atoms with Crippen molar-refractivity contribution in [2.75, 3.05) is 18.0 Å². The Hall–Kier alpha value is -1.44. The van der Waals surface area contributed by atoms with E-state index in [0.717, 1.165) is 0 Å². The van der Waals surface area contributed by atoms with Crippen LogP contribution in [0.5, 0.6) is 0 Å². The van der Waals surface area contributed by atoms with Crippen molar-refractivity contribution in [3.05, 3.63) is 30.5 Å². The number of nitrogens with one attached hydrogen (secondary N) is 1. The summed E-state index contributed by atoms with van der Waals surface area (Å²) in [6.45, 7) is 2.43. The number of aromatic amines is 1. The summed E-state index contributed by atoms with van der Waals surface area (Å²) in [5, 5.41) is 1.36. The Kier molecular flexibility index (Phi) is 2.13. The van der Waals surface area contributed by atoms with Gasteiger partial charge in [-0.25, -0.2) is 0 Å². The standard InChI is InChI=1S/C13H16N2/c1-2-9-15(10-3-1)13-6-4-5-12-11(13)7-8-14-12/h4-8,14H,1-3,9-10H2. The van der Waals surface area contributed by atoms with Crippen LogP contribution in [0.25, 0.3) is 10.9 Å². The van der Waals surface area contributed by atoms with Gasteiger partial charge in [-0.1, -0.05) is 6.07 Å². The van der Waals surface area contributed by atoms with Crippen molar-refractivity contribution in [3.8, 4) is 0 Å². The summed E-state index contributed by atoms with van der Waals surface area (Å²) in [6, 6.07) is 8.70. The maximum atomic E-state index is 3.27. The first-order valence-electron chi connectivity index (χ1n) is 5.76. The van der Waals surface area contributed by atoms with Crippen LogP contribution in [0.2, 0.25) is 0 Å². The lowest BCUT2D eigenvalue weighted by atomic mass is 10.1. The first-order chi connectivity index (χ1) is 7.45. The molecule has 2 heterocycles. The lowest BCUT2D eigenvalue weighted by Crippen LogP contribution is -2.29. The van der Waals surface area contributed by atoms with Gasteiger partial charge >= 0.3 is 0 Å². The number of anilines is 1. The third kappa shape index (κ3) is 1.50. The van der Waals surface area contributed by atoms with E-state index in [4.69, 9.17) is 0 Å². The molecule has 0 spiro atoms. The molecular formula is C13H16N2. The normalized spacial score (nSPS) is 17.2. The number of benzene rings is 1. The van der Waals surface area contributed by atoms with Gasteiger partial charge in [0.25, 0.3) is 0 Å². The zero-order valence-corrected chi connectivity index (χ0v) is 8.87. The van der Waals surface area contributed by atoms with Crippen LogP contribution in [0.4, 0.5) is 5.69 Å². The second-order valence-electron chi connectivity index (χ2n) is 4.26. The largest absolute Gasteiger partial charge is 0.371 e. The van der Waals surface area contributed by atoms with Crippen LogP contribution in [-0.2, 0) is 0 Å². The predicted molar refractivity (Wildman–Crippen MR) is 64.4 cm³/mol. The number of rotatable bonds is 1. The molecule has 2 aromatic rings. The molecule has 2 heteroatoms. The monoisotopic (exact) mass is 200 g/mol. The molecule has 1 fully saturated rings. The number of nitrogens with zero attached hydrogens (tertiary/aromatic N) is 1. The molecule has 1 N–H and O–H groups in total. The Morgan fingerprint density at radius 1 is 1.00 bits per heavy atom. The Morgan fingerprint density at radius 2 is 1.87 bits per heavy atom. The fourth-order valence-electron chi connectivity index (χ4n) is 2.48. The van der Waals surface area contributed by atoms with E-state index in [1.807, 2.05) is 6.20 Å². The zero-order valence-electron chi connectivity index (χ0n) is 8.87. The molecule has 1 aromatic heterocycles. The van der Waals surface area contributed by atoms with Gasteiger partial charge in [-0.3, -0.25) is 0 Å². The van der Waals surface area contributed by atoms with Gasteiger partial charge in [0.2, 0.25) is 0 Å². The first kappa shape index (κ1) is 8.84. The van der Waals surface area contributed by atoms with E-state index in [2.05, 4.69) is 34.1 Å². The number of fused-ring (bicyclic) bond motifs is 1. The van der Waals surface area contributed by atoms with E-state index in [0.29, 0.717) is 0 Å². The molecule has 0 bridgehead atoms. The molecule has 78 valence electrons. The summed E-state index contributed by atoms with van der Waals surface area (Å²) < 4.78 is 0. The lowest BCUT2D eigenvalue weighted by molar-refractivity contribution is 0.579. The van der Waals surface area contributed by atoms with Crippen LogP contribution in [0, 0.1) is 0 Å². The number of aromatic nitrogens is 1. The van der Waals surface area contributed by atoms with Gasteiger partial charge in [0.1, 0.15) is 0 Å². The Balaban J connectivity index is 2.05. The van der Waals surface area contributed by atoms with Crippen molar-refractivity contribution in [2.45, 2.75) is 19.3 Å². The third-order valence-corrected chi connectivity index (χ3v) is 3.27. The first-order valence-corrected chi connectivity index (χ1v) is 5.76. The van der Waals surface area contributed by atoms with E-state index >= 15 is 0 Å². The van der Waals surface area contributed by atoms with Gasteiger partial charge < -0.3 is 9.88 Å². The van der Waals surface area contributed by atoms with Gasteiger partial charge in [-0.05, 0) is 37.5 Å². The molecule has 0 unspecified atom stereocenters. The fraction of sp³-hybridized carbons (Fsp3) is 0.385. The SMILES string of the molecule is c1cc(N2CCCCC2)c2cc[nH]c2c1. The van der Waals surface area contributed by atoms with Crippen molar-refractivity contribution in [1.82, 2.24) is 4.98 Å². The number of piperidine rings is 1. The second kappa shape index (κ2) is 3.61. The molecule has 15 heavy (non-hydrogen) atoms. The predicted octanol–water partition coefficient (Wildman–Crippen LogP) is 3.16. The van der Waals surface area contributed by atoms with Gasteiger partial charge in [0, 0.05) is 35.9 Å². The summed E-state index contributed by atoms with van der Waals surface area (Å²) in [4.78, 5) is 5.79. The summed E-state index contributed by atoms with van der Waals surface area (Å²) >= 11 is 0. The van der Waals surface area contributed by atoms with Crippen molar-refractivity contribution >= 4 is 16.6 Å². The molecule has 0 amide bonds. The zero-order chi connectivity index (χ0) is 10.1. The van der Waals surface area contributed by atoms with Crippen LogP contribution in [-0.4, -0.2) is 18.1 Å². The van der Waals surface area contributed by atoms with Crippen LogP contribution in [0.3, 0.4) is 0 Å². The van der Waals surface area contributed by atoms with Crippen molar-refractivity contribution in [3.63, 3.8) is 0 Å². The molecule has 1 aromatic carbocycles. The van der Waals surface area contributed by atoms with Crippen LogP contribution >= 0.6 is 0 Å². The maximum absolute atomic E-state index is 3.27. The van der Waals surface area contributed by atoms with Crippen molar-refractivity contribution in [1.29, 1.82) is 0 Å². The van der Waals surface area contributed by atoms with Crippen LogP contribution in [0.15, 0.2) is 30.5 Å². The minimum absolute atomic E-state index is 1.21. The van der Waals surface area contributed by atoms with Gasteiger partial charge in [-0.15, -0.1) is 0 Å². The molecule has 3 rings (SSSR count). The summed E-state index contributed by atoms with van der Waals surface area (Å²) in [5.41, 5.74) is 2.64. The average Bonchev–Trinajstić information content (AvgIpc) is 2.78. The molecular weight excluding hydrogens is 184 g/mol. The van der Waals surface area contributed by atoms with Crippen molar-refractivity contribution in [2.24, 2.45) is 0 Å². The molecule has 0 atom stereocenters. The summed E-state index contributed by atoms with van der Waals surface area (Å²) in [7, 11) is 0. The van der Waals surface area contributed by atoms with Crippen LogP contribution < -0.4 is 4.90 Å². The van der Waals surface area contributed by atoms with Crippen molar-refractivity contribution < 1.29 is 0 Å². The number of hydrogen-bond donors (Lipinski definition) is 1. The highest BCUT2D eigenvalue weighted by molar-refractivity contribution is 5.92. The molecule has 1 aliphatic heterocycles. The van der Waals surface area contributed by atoms with E-state index in [1.165, 1.54) is 48.9 Å². The van der Waals surface area contributed by atoms with Crippen LogP contribution in [0.1, 0.15) is 19.3 Å². The molecule has 0 aliphatic carbocycles.